The summed E-state index contributed by atoms with van der Waals surface area (Å²) in [5, 5.41) is 6.87. The van der Waals surface area contributed by atoms with E-state index in [-0.39, 0.29) is 46.7 Å². The summed E-state index contributed by atoms with van der Waals surface area (Å²) in [6.07, 6.45) is 2.23. The maximum absolute atomic E-state index is 14.8. The van der Waals surface area contributed by atoms with Crippen molar-refractivity contribution in [3.05, 3.63) is 46.1 Å². The first-order valence-corrected chi connectivity index (χ1v) is 8.28. The first kappa shape index (κ1) is 17.8. The number of fused-ring (bicyclic) bond motifs is 1. The molecule has 6 nitrogen and oxygen atoms in total. The zero-order chi connectivity index (χ0) is 18.0. The standard InChI is InChI=1S/C15H14Cl2F2N6/c1-8(18)2-3-10-11(19)12-14(21-6-9-4-5-20-7-22-9)23-15(17)24-25(12)13(10)16/h4-5,7-8H,2-3,6H2,1H3,(H,21,23,24). The molecule has 0 saturated carbocycles. The van der Waals surface area contributed by atoms with Gasteiger partial charge in [-0.15, -0.1) is 5.10 Å². The molecule has 0 aliphatic rings. The van der Waals surface area contributed by atoms with E-state index in [1.165, 1.54) is 17.8 Å². The largest absolute Gasteiger partial charge is 0.362 e. The Hall–Kier alpha value is -2.06. The molecule has 25 heavy (non-hydrogen) atoms. The third kappa shape index (κ3) is 3.80. The lowest BCUT2D eigenvalue weighted by Gasteiger charge is -2.07. The topological polar surface area (TPSA) is 68.0 Å². The maximum atomic E-state index is 14.8. The van der Waals surface area contributed by atoms with Gasteiger partial charge in [-0.1, -0.05) is 11.6 Å². The summed E-state index contributed by atoms with van der Waals surface area (Å²) in [5.41, 5.74) is 0.935. The highest BCUT2D eigenvalue weighted by molar-refractivity contribution is 6.31. The monoisotopic (exact) mass is 386 g/mol. The molecule has 0 bridgehead atoms. The van der Waals surface area contributed by atoms with E-state index < -0.39 is 12.0 Å². The SMILES string of the molecule is CC(F)CCc1c(F)c2c(NCc3ccncn3)nc(Cl)nn2c1Cl. The Morgan fingerprint density at radius 3 is 2.84 bits per heavy atom. The number of aromatic nitrogens is 5. The van der Waals surface area contributed by atoms with Gasteiger partial charge in [0, 0.05) is 11.8 Å². The van der Waals surface area contributed by atoms with Gasteiger partial charge in [-0.3, -0.25) is 0 Å². The molecule has 3 aromatic rings. The van der Waals surface area contributed by atoms with Crippen LogP contribution in [0.4, 0.5) is 14.6 Å². The number of hydrogen-bond donors (Lipinski definition) is 1. The molecule has 0 aromatic carbocycles. The van der Waals surface area contributed by atoms with Gasteiger partial charge >= 0.3 is 0 Å². The van der Waals surface area contributed by atoms with Gasteiger partial charge in [0.2, 0.25) is 5.28 Å². The smallest absolute Gasteiger partial charge is 0.243 e. The third-order valence-electron chi connectivity index (χ3n) is 3.60. The van der Waals surface area contributed by atoms with E-state index in [1.54, 1.807) is 12.3 Å². The summed E-state index contributed by atoms with van der Waals surface area (Å²) in [4.78, 5) is 11.9. The summed E-state index contributed by atoms with van der Waals surface area (Å²) in [5.74, 6) is -0.412. The Balaban J connectivity index is 1.99. The van der Waals surface area contributed by atoms with Crippen molar-refractivity contribution in [2.24, 2.45) is 0 Å². The highest BCUT2D eigenvalue weighted by atomic mass is 35.5. The molecule has 0 saturated heterocycles. The normalized spacial score (nSPS) is 12.5. The van der Waals surface area contributed by atoms with Crippen molar-refractivity contribution in [2.45, 2.75) is 32.5 Å². The molecule has 1 atom stereocenters. The minimum atomic E-state index is -1.07. The number of rotatable bonds is 6. The van der Waals surface area contributed by atoms with Crippen molar-refractivity contribution in [1.29, 1.82) is 0 Å². The van der Waals surface area contributed by atoms with E-state index in [2.05, 4.69) is 25.4 Å². The summed E-state index contributed by atoms with van der Waals surface area (Å²) in [6.45, 7) is 1.69. The van der Waals surface area contributed by atoms with E-state index in [9.17, 15) is 8.78 Å². The fraction of sp³-hybridized carbons (Fsp3) is 0.333. The van der Waals surface area contributed by atoms with Gasteiger partial charge in [-0.05, 0) is 37.4 Å². The highest BCUT2D eigenvalue weighted by Gasteiger charge is 2.23. The number of alkyl halides is 1. The Bertz CT molecular complexity index is 885. The van der Waals surface area contributed by atoms with E-state index in [0.29, 0.717) is 5.69 Å². The quantitative estimate of drug-likeness (QED) is 0.696. The number of nitrogens with zero attached hydrogens (tertiary/aromatic N) is 5. The number of nitrogens with one attached hydrogen (secondary N) is 1. The van der Waals surface area contributed by atoms with Gasteiger partial charge in [0.25, 0.3) is 0 Å². The first-order chi connectivity index (χ1) is 12.0. The summed E-state index contributed by atoms with van der Waals surface area (Å²) in [7, 11) is 0. The molecule has 0 fully saturated rings. The summed E-state index contributed by atoms with van der Waals surface area (Å²) >= 11 is 12.1. The Labute approximate surface area is 152 Å². The second-order valence-corrected chi connectivity index (χ2v) is 6.14. The van der Waals surface area contributed by atoms with Crippen molar-refractivity contribution in [2.75, 3.05) is 5.32 Å². The molecule has 132 valence electrons. The van der Waals surface area contributed by atoms with Crippen LogP contribution >= 0.6 is 23.2 Å². The van der Waals surface area contributed by atoms with Gasteiger partial charge in [0.15, 0.2) is 11.6 Å². The van der Waals surface area contributed by atoms with Gasteiger partial charge in [-0.25, -0.2) is 23.3 Å². The average molecular weight is 387 g/mol. The van der Waals surface area contributed by atoms with Gasteiger partial charge in [-0.2, -0.15) is 4.98 Å². The predicted octanol–water partition coefficient (Wildman–Crippen LogP) is 3.87. The lowest BCUT2D eigenvalue weighted by molar-refractivity contribution is 0.340. The second-order valence-electron chi connectivity index (χ2n) is 5.45. The molecule has 3 heterocycles. The van der Waals surface area contributed by atoms with E-state index in [1.807, 2.05) is 0 Å². The number of hydrogen-bond acceptors (Lipinski definition) is 5. The predicted molar refractivity (Wildman–Crippen MR) is 91.2 cm³/mol. The fourth-order valence-corrected chi connectivity index (χ4v) is 2.84. The average Bonchev–Trinajstić information content (AvgIpc) is 2.82. The van der Waals surface area contributed by atoms with E-state index >= 15 is 0 Å². The molecule has 3 aromatic heterocycles. The fourth-order valence-electron chi connectivity index (χ4n) is 2.38. The number of anilines is 1. The van der Waals surface area contributed by atoms with Crippen LogP contribution < -0.4 is 5.32 Å². The zero-order valence-electron chi connectivity index (χ0n) is 13.2. The minimum absolute atomic E-state index is 0.0579. The van der Waals surface area contributed by atoms with Gasteiger partial charge in [0.1, 0.15) is 17.0 Å². The lowest BCUT2D eigenvalue weighted by Crippen LogP contribution is -2.07. The molecular weight excluding hydrogens is 373 g/mol. The minimum Gasteiger partial charge on any atom is -0.362 e. The van der Waals surface area contributed by atoms with E-state index in [0.717, 1.165) is 0 Å². The first-order valence-electron chi connectivity index (χ1n) is 7.52. The molecule has 0 aliphatic heterocycles. The van der Waals surface area contributed by atoms with Crippen molar-refractivity contribution in [3.8, 4) is 0 Å². The highest BCUT2D eigenvalue weighted by Crippen LogP contribution is 2.31. The van der Waals surface area contributed by atoms with Crippen LogP contribution in [0.15, 0.2) is 18.6 Å². The maximum Gasteiger partial charge on any atom is 0.243 e. The zero-order valence-corrected chi connectivity index (χ0v) is 14.7. The van der Waals surface area contributed by atoms with Crippen LogP contribution in [0.1, 0.15) is 24.6 Å². The van der Waals surface area contributed by atoms with Crippen LogP contribution in [0.25, 0.3) is 5.52 Å². The van der Waals surface area contributed by atoms with Gasteiger partial charge < -0.3 is 5.32 Å². The number of halogens is 4. The molecule has 3 rings (SSSR count). The third-order valence-corrected chi connectivity index (χ3v) is 4.15. The molecule has 10 heteroatoms. The Morgan fingerprint density at radius 2 is 2.16 bits per heavy atom. The summed E-state index contributed by atoms with van der Waals surface area (Å²) in [6, 6.07) is 1.71. The van der Waals surface area contributed by atoms with E-state index in [4.69, 9.17) is 23.2 Å². The van der Waals surface area contributed by atoms with Crippen LogP contribution in [0.3, 0.4) is 0 Å². The lowest BCUT2D eigenvalue weighted by atomic mass is 10.1. The molecule has 0 radical (unpaired) electrons. The second kappa shape index (κ2) is 7.45. The van der Waals surface area contributed by atoms with Crippen LogP contribution in [-0.2, 0) is 13.0 Å². The van der Waals surface area contributed by atoms with Gasteiger partial charge in [0.05, 0.1) is 18.4 Å². The van der Waals surface area contributed by atoms with Crippen molar-refractivity contribution >= 4 is 34.5 Å². The molecule has 0 amide bonds. The molecule has 1 N–H and O–H groups in total. The van der Waals surface area contributed by atoms with Crippen LogP contribution in [0.2, 0.25) is 10.4 Å². The molecule has 0 aliphatic carbocycles. The molecule has 0 spiro atoms. The Morgan fingerprint density at radius 1 is 1.36 bits per heavy atom. The van der Waals surface area contributed by atoms with Crippen LogP contribution in [0, 0.1) is 5.82 Å². The van der Waals surface area contributed by atoms with Crippen LogP contribution in [0.5, 0.6) is 0 Å². The van der Waals surface area contributed by atoms with Crippen molar-refractivity contribution in [1.82, 2.24) is 24.6 Å². The van der Waals surface area contributed by atoms with Crippen LogP contribution in [-0.4, -0.2) is 30.7 Å². The Kier molecular flexibility index (Phi) is 5.29. The molecular formula is C15H14Cl2F2N6. The molecule has 1 unspecified atom stereocenters. The summed E-state index contributed by atoms with van der Waals surface area (Å²) < 4.78 is 29.1. The van der Waals surface area contributed by atoms with Crippen molar-refractivity contribution in [3.63, 3.8) is 0 Å². The van der Waals surface area contributed by atoms with Crippen molar-refractivity contribution < 1.29 is 8.78 Å².